The molecule has 5 heteroatoms. The van der Waals surface area contributed by atoms with Crippen LogP contribution in [0.25, 0.3) is 0 Å². The molecule has 106 valence electrons. The van der Waals surface area contributed by atoms with E-state index in [1.165, 1.54) is 5.56 Å². The van der Waals surface area contributed by atoms with Crippen LogP contribution in [0.5, 0.6) is 0 Å². The van der Waals surface area contributed by atoms with Crippen molar-refractivity contribution < 1.29 is 9.84 Å². The predicted molar refractivity (Wildman–Crippen MR) is 83.3 cm³/mol. The summed E-state index contributed by atoms with van der Waals surface area (Å²) in [7, 11) is 0. The second kappa shape index (κ2) is 6.68. The van der Waals surface area contributed by atoms with Crippen LogP contribution in [0.1, 0.15) is 31.4 Å². The molecular formula is C14H19Br2NO2. The van der Waals surface area contributed by atoms with Gasteiger partial charge in [-0.3, -0.25) is 0 Å². The van der Waals surface area contributed by atoms with Crippen molar-refractivity contribution >= 4 is 31.9 Å². The molecule has 0 bridgehead atoms. The van der Waals surface area contributed by atoms with Gasteiger partial charge in [-0.2, -0.15) is 0 Å². The number of aliphatic hydroxyl groups is 1. The Kier molecular flexibility index (Phi) is 5.43. The smallest absolute Gasteiger partial charge is 0.0815 e. The molecule has 2 rings (SSSR count). The zero-order valence-corrected chi connectivity index (χ0v) is 14.1. The first kappa shape index (κ1) is 15.4. The van der Waals surface area contributed by atoms with Crippen molar-refractivity contribution in [3.05, 3.63) is 32.7 Å². The molecule has 1 heterocycles. The summed E-state index contributed by atoms with van der Waals surface area (Å²) in [4.78, 5) is 0. The van der Waals surface area contributed by atoms with Gasteiger partial charge in [-0.1, -0.05) is 37.9 Å². The molecule has 1 atom stereocenters. The molecule has 1 aliphatic heterocycles. The minimum absolute atomic E-state index is 0.189. The number of halogens is 2. The van der Waals surface area contributed by atoms with Crippen molar-refractivity contribution in [2.45, 2.75) is 31.4 Å². The SMILES string of the molecule is CC(NCC1(O)CCOCC1)c1ccc(Br)cc1Br. The third kappa shape index (κ3) is 4.26. The van der Waals surface area contributed by atoms with Crippen LogP contribution in [0.2, 0.25) is 0 Å². The lowest BCUT2D eigenvalue weighted by molar-refractivity contribution is -0.0626. The molecular weight excluding hydrogens is 374 g/mol. The molecule has 0 spiro atoms. The molecule has 19 heavy (non-hydrogen) atoms. The van der Waals surface area contributed by atoms with E-state index in [2.05, 4.69) is 50.2 Å². The topological polar surface area (TPSA) is 41.5 Å². The minimum Gasteiger partial charge on any atom is -0.388 e. The van der Waals surface area contributed by atoms with Gasteiger partial charge >= 0.3 is 0 Å². The number of hydrogen-bond donors (Lipinski definition) is 2. The van der Waals surface area contributed by atoms with E-state index >= 15 is 0 Å². The average Bonchev–Trinajstić information content (AvgIpc) is 2.37. The summed E-state index contributed by atoms with van der Waals surface area (Å²) in [6, 6.07) is 6.34. The van der Waals surface area contributed by atoms with Crippen LogP contribution in [-0.2, 0) is 4.74 Å². The van der Waals surface area contributed by atoms with Gasteiger partial charge in [-0.05, 0) is 24.6 Å². The lowest BCUT2D eigenvalue weighted by Gasteiger charge is -2.33. The molecule has 1 aromatic rings. The Hall–Kier alpha value is 0.0600. The van der Waals surface area contributed by atoms with Gasteiger partial charge in [0.2, 0.25) is 0 Å². The summed E-state index contributed by atoms with van der Waals surface area (Å²) in [5, 5.41) is 13.8. The fourth-order valence-corrected chi connectivity index (χ4v) is 3.62. The lowest BCUT2D eigenvalue weighted by atomic mass is 9.94. The number of nitrogens with one attached hydrogen (secondary N) is 1. The van der Waals surface area contributed by atoms with Crippen molar-refractivity contribution in [2.24, 2.45) is 0 Å². The first-order valence-electron chi connectivity index (χ1n) is 6.49. The van der Waals surface area contributed by atoms with E-state index in [-0.39, 0.29) is 6.04 Å². The van der Waals surface area contributed by atoms with Gasteiger partial charge in [0.25, 0.3) is 0 Å². The van der Waals surface area contributed by atoms with Crippen LogP contribution in [-0.4, -0.2) is 30.5 Å². The second-order valence-electron chi connectivity index (χ2n) is 5.11. The highest BCUT2D eigenvalue weighted by atomic mass is 79.9. The summed E-state index contributed by atoms with van der Waals surface area (Å²) in [5.41, 5.74) is 0.563. The Balaban J connectivity index is 1.95. The van der Waals surface area contributed by atoms with Gasteiger partial charge in [-0.25, -0.2) is 0 Å². The van der Waals surface area contributed by atoms with Crippen molar-refractivity contribution in [3.63, 3.8) is 0 Å². The zero-order chi connectivity index (χ0) is 13.9. The van der Waals surface area contributed by atoms with Gasteiger partial charge in [0.05, 0.1) is 5.60 Å². The van der Waals surface area contributed by atoms with E-state index in [0.717, 1.165) is 8.95 Å². The highest BCUT2D eigenvalue weighted by molar-refractivity contribution is 9.11. The Morgan fingerprint density at radius 2 is 2.05 bits per heavy atom. The zero-order valence-electron chi connectivity index (χ0n) is 11.0. The van der Waals surface area contributed by atoms with E-state index in [0.29, 0.717) is 32.6 Å². The molecule has 1 aromatic carbocycles. The molecule has 0 saturated carbocycles. The van der Waals surface area contributed by atoms with E-state index < -0.39 is 5.60 Å². The van der Waals surface area contributed by atoms with Gasteiger partial charge in [-0.15, -0.1) is 0 Å². The molecule has 1 unspecified atom stereocenters. The highest BCUT2D eigenvalue weighted by Crippen LogP contribution is 2.27. The predicted octanol–water partition coefficient (Wildman–Crippen LogP) is 3.40. The fourth-order valence-electron chi connectivity index (χ4n) is 2.23. The Morgan fingerprint density at radius 3 is 2.68 bits per heavy atom. The van der Waals surface area contributed by atoms with Crippen LogP contribution in [0.4, 0.5) is 0 Å². The normalized spacial score (nSPS) is 20.2. The molecule has 2 N–H and O–H groups in total. The number of benzene rings is 1. The maximum absolute atomic E-state index is 10.4. The van der Waals surface area contributed by atoms with Crippen LogP contribution in [0.3, 0.4) is 0 Å². The van der Waals surface area contributed by atoms with Crippen LogP contribution in [0.15, 0.2) is 27.1 Å². The summed E-state index contributed by atoms with van der Waals surface area (Å²) >= 11 is 7.03. The molecule has 0 amide bonds. The van der Waals surface area contributed by atoms with Crippen molar-refractivity contribution in [1.82, 2.24) is 5.32 Å². The van der Waals surface area contributed by atoms with E-state index in [1.54, 1.807) is 0 Å². The van der Waals surface area contributed by atoms with Gasteiger partial charge in [0.1, 0.15) is 0 Å². The van der Waals surface area contributed by atoms with Crippen molar-refractivity contribution in [1.29, 1.82) is 0 Å². The molecule has 1 aliphatic rings. The Labute approximate surface area is 131 Å². The summed E-state index contributed by atoms with van der Waals surface area (Å²) in [6.07, 6.45) is 1.41. The number of hydrogen-bond acceptors (Lipinski definition) is 3. The Morgan fingerprint density at radius 1 is 1.37 bits per heavy atom. The maximum atomic E-state index is 10.4. The van der Waals surface area contributed by atoms with Gasteiger partial charge in [0, 0.05) is 47.6 Å². The average molecular weight is 393 g/mol. The minimum atomic E-state index is -0.631. The summed E-state index contributed by atoms with van der Waals surface area (Å²) in [5.74, 6) is 0. The van der Waals surface area contributed by atoms with Crippen LogP contribution < -0.4 is 5.32 Å². The Bertz CT molecular complexity index is 433. The van der Waals surface area contributed by atoms with Crippen molar-refractivity contribution in [3.8, 4) is 0 Å². The van der Waals surface area contributed by atoms with Gasteiger partial charge in [0.15, 0.2) is 0 Å². The lowest BCUT2D eigenvalue weighted by Crippen LogP contribution is -2.45. The molecule has 0 radical (unpaired) electrons. The molecule has 1 saturated heterocycles. The van der Waals surface area contributed by atoms with Gasteiger partial charge < -0.3 is 15.2 Å². The molecule has 1 fully saturated rings. The summed E-state index contributed by atoms with van der Waals surface area (Å²) < 4.78 is 7.41. The first-order chi connectivity index (χ1) is 9.00. The van der Waals surface area contributed by atoms with Crippen LogP contribution >= 0.6 is 31.9 Å². The van der Waals surface area contributed by atoms with E-state index in [1.807, 2.05) is 12.1 Å². The number of ether oxygens (including phenoxy) is 1. The van der Waals surface area contributed by atoms with Crippen molar-refractivity contribution in [2.75, 3.05) is 19.8 Å². The molecule has 0 aliphatic carbocycles. The molecule has 3 nitrogen and oxygen atoms in total. The standard InChI is InChI=1S/C14H19Br2NO2/c1-10(12-3-2-11(15)8-13(12)16)17-9-14(18)4-6-19-7-5-14/h2-3,8,10,17-18H,4-7,9H2,1H3. The molecule has 0 aromatic heterocycles. The van der Waals surface area contributed by atoms with E-state index in [9.17, 15) is 5.11 Å². The second-order valence-corrected chi connectivity index (χ2v) is 6.88. The van der Waals surface area contributed by atoms with E-state index in [4.69, 9.17) is 4.74 Å². The summed E-state index contributed by atoms with van der Waals surface area (Å²) in [6.45, 7) is 4.00. The largest absolute Gasteiger partial charge is 0.388 e. The monoisotopic (exact) mass is 391 g/mol. The maximum Gasteiger partial charge on any atom is 0.0815 e. The number of rotatable bonds is 4. The third-order valence-electron chi connectivity index (χ3n) is 3.59. The fraction of sp³-hybridized carbons (Fsp3) is 0.571. The highest BCUT2D eigenvalue weighted by Gasteiger charge is 2.30. The quantitative estimate of drug-likeness (QED) is 0.824. The first-order valence-corrected chi connectivity index (χ1v) is 8.07. The van der Waals surface area contributed by atoms with Crippen LogP contribution in [0, 0.1) is 0 Å². The third-order valence-corrected chi connectivity index (χ3v) is 4.77.